The molecule has 0 aliphatic carbocycles. The van der Waals surface area contributed by atoms with Gasteiger partial charge in [0.15, 0.2) is 0 Å². The lowest BCUT2D eigenvalue weighted by atomic mass is 9.98. The Bertz CT molecular complexity index is 1210. The molecule has 1 N–H and O–H groups in total. The van der Waals surface area contributed by atoms with Crippen LogP contribution >= 0.6 is 0 Å². The van der Waals surface area contributed by atoms with Crippen LogP contribution < -0.4 is 10.2 Å². The van der Waals surface area contributed by atoms with E-state index in [4.69, 9.17) is 10.5 Å². The highest BCUT2D eigenvalue weighted by atomic mass is 16.2. The summed E-state index contributed by atoms with van der Waals surface area (Å²) in [7, 11) is 0. The monoisotopic (exact) mass is 433 g/mol. The molecule has 0 saturated carbocycles. The number of nitrogens with zero attached hydrogens (tertiary/aromatic N) is 4. The number of carbonyl (C=O) groups excluding carboxylic acids is 1. The van der Waals surface area contributed by atoms with Crippen LogP contribution in [0, 0.1) is 22.7 Å². The van der Waals surface area contributed by atoms with E-state index in [1.807, 2.05) is 95.9 Å². The Morgan fingerprint density at radius 2 is 1.45 bits per heavy atom. The lowest BCUT2D eigenvalue weighted by Crippen LogP contribution is -2.48. The van der Waals surface area contributed by atoms with E-state index >= 15 is 0 Å². The van der Waals surface area contributed by atoms with Gasteiger partial charge in [0.1, 0.15) is 17.7 Å². The summed E-state index contributed by atoms with van der Waals surface area (Å²) in [6.45, 7) is 2.80. The van der Waals surface area contributed by atoms with Crippen LogP contribution in [0.1, 0.15) is 10.4 Å². The average molecular weight is 434 g/mol. The number of hydrogen-bond acceptors (Lipinski definition) is 5. The lowest BCUT2D eigenvalue weighted by molar-refractivity contribution is 0.0747. The van der Waals surface area contributed by atoms with Crippen molar-refractivity contribution in [3.63, 3.8) is 0 Å². The molecule has 3 aromatic carbocycles. The van der Waals surface area contributed by atoms with E-state index in [-0.39, 0.29) is 11.5 Å². The molecule has 0 unspecified atom stereocenters. The molecule has 3 aromatic rings. The number of nitriles is 2. The van der Waals surface area contributed by atoms with E-state index < -0.39 is 0 Å². The Balaban J connectivity index is 1.40. The predicted molar refractivity (Wildman–Crippen MR) is 129 cm³/mol. The smallest absolute Gasteiger partial charge is 0.254 e. The third kappa shape index (κ3) is 5.03. The zero-order valence-corrected chi connectivity index (χ0v) is 18.1. The van der Waals surface area contributed by atoms with E-state index in [2.05, 4.69) is 10.2 Å². The zero-order valence-electron chi connectivity index (χ0n) is 18.1. The minimum Gasteiger partial charge on any atom is -0.368 e. The average Bonchev–Trinajstić information content (AvgIpc) is 2.90. The quantitative estimate of drug-likeness (QED) is 0.592. The molecule has 1 amide bonds. The SMILES string of the molecule is N#CC(C#N)=CNc1ccc(N2CCN(C(=O)c3ccccc3-c3ccccc3)CC2)cc1. The summed E-state index contributed by atoms with van der Waals surface area (Å²) in [6.07, 6.45) is 1.40. The zero-order chi connectivity index (χ0) is 23.0. The predicted octanol–water partition coefficient (Wildman–Crippen LogP) is 4.66. The first-order valence-corrected chi connectivity index (χ1v) is 10.8. The highest BCUT2D eigenvalue weighted by molar-refractivity contribution is 6.01. The molecule has 6 nitrogen and oxygen atoms in total. The van der Waals surface area contributed by atoms with E-state index in [0.717, 1.165) is 41.2 Å². The molecule has 0 bridgehead atoms. The summed E-state index contributed by atoms with van der Waals surface area (Å²) in [4.78, 5) is 17.5. The number of nitrogens with one attached hydrogen (secondary N) is 1. The molecular weight excluding hydrogens is 410 g/mol. The van der Waals surface area contributed by atoms with Gasteiger partial charge in [-0.3, -0.25) is 4.79 Å². The van der Waals surface area contributed by atoms with Crippen molar-refractivity contribution in [2.75, 3.05) is 36.4 Å². The molecule has 1 fully saturated rings. The second kappa shape index (κ2) is 10.2. The van der Waals surface area contributed by atoms with Crippen LogP contribution in [0.3, 0.4) is 0 Å². The molecule has 1 heterocycles. The second-order valence-electron chi connectivity index (χ2n) is 7.66. The molecule has 0 spiro atoms. The summed E-state index contributed by atoms with van der Waals surface area (Å²) in [5.41, 5.74) is 4.62. The Labute approximate surface area is 193 Å². The fraction of sp³-hybridized carbons (Fsp3) is 0.148. The van der Waals surface area contributed by atoms with Gasteiger partial charge in [0.25, 0.3) is 5.91 Å². The molecule has 1 aliphatic heterocycles. The van der Waals surface area contributed by atoms with E-state index in [1.54, 1.807) is 0 Å². The maximum absolute atomic E-state index is 13.3. The number of benzene rings is 3. The van der Waals surface area contributed by atoms with E-state index in [0.29, 0.717) is 13.1 Å². The molecular formula is C27H23N5O. The molecule has 6 heteroatoms. The Hall–Kier alpha value is -4.55. The molecule has 1 saturated heterocycles. The van der Waals surface area contributed by atoms with Gasteiger partial charge in [0.05, 0.1) is 0 Å². The topological polar surface area (TPSA) is 83.2 Å². The van der Waals surface area contributed by atoms with Crippen molar-refractivity contribution in [2.45, 2.75) is 0 Å². The van der Waals surface area contributed by atoms with Gasteiger partial charge < -0.3 is 15.1 Å². The van der Waals surface area contributed by atoms with Crippen LogP contribution in [-0.4, -0.2) is 37.0 Å². The van der Waals surface area contributed by atoms with Crippen molar-refractivity contribution in [2.24, 2.45) is 0 Å². The van der Waals surface area contributed by atoms with Gasteiger partial charge in [-0.15, -0.1) is 0 Å². The summed E-state index contributed by atoms with van der Waals surface area (Å²) < 4.78 is 0. The minimum absolute atomic E-state index is 0.0219. The maximum atomic E-state index is 13.3. The third-order valence-corrected chi connectivity index (χ3v) is 5.67. The van der Waals surface area contributed by atoms with Crippen LogP contribution in [-0.2, 0) is 0 Å². The van der Waals surface area contributed by atoms with Crippen molar-refractivity contribution >= 4 is 17.3 Å². The Morgan fingerprint density at radius 1 is 0.818 bits per heavy atom. The maximum Gasteiger partial charge on any atom is 0.254 e. The van der Waals surface area contributed by atoms with E-state index in [1.165, 1.54) is 6.20 Å². The van der Waals surface area contributed by atoms with Crippen LogP contribution in [0.2, 0.25) is 0 Å². The van der Waals surface area contributed by atoms with Crippen LogP contribution in [0.25, 0.3) is 11.1 Å². The highest BCUT2D eigenvalue weighted by Crippen LogP contribution is 2.26. The number of amides is 1. The molecule has 4 rings (SSSR count). The number of allylic oxidation sites excluding steroid dienone is 1. The minimum atomic E-state index is 0.0219. The second-order valence-corrected chi connectivity index (χ2v) is 7.66. The fourth-order valence-corrected chi connectivity index (χ4v) is 3.89. The van der Waals surface area contributed by atoms with Crippen LogP contribution in [0.5, 0.6) is 0 Å². The van der Waals surface area contributed by atoms with Gasteiger partial charge in [-0.25, -0.2) is 0 Å². The highest BCUT2D eigenvalue weighted by Gasteiger charge is 2.24. The molecule has 162 valence electrons. The van der Waals surface area contributed by atoms with Gasteiger partial charge in [0.2, 0.25) is 0 Å². The summed E-state index contributed by atoms with van der Waals surface area (Å²) >= 11 is 0. The number of carbonyl (C=O) groups is 1. The summed E-state index contributed by atoms with van der Waals surface area (Å²) in [5.74, 6) is 0.0613. The van der Waals surface area contributed by atoms with E-state index in [9.17, 15) is 4.79 Å². The number of piperazine rings is 1. The lowest BCUT2D eigenvalue weighted by Gasteiger charge is -2.36. The van der Waals surface area contributed by atoms with Gasteiger partial charge in [-0.05, 0) is 41.5 Å². The van der Waals surface area contributed by atoms with Gasteiger partial charge in [0, 0.05) is 49.3 Å². The molecule has 1 aliphatic rings. The van der Waals surface area contributed by atoms with Crippen molar-refractivity contribution in [3.05, 3.63) is 96.2 Å². The molecule has 0 radical (unpaired) electrons. The van der Waals surface area contributed by atoms with Crippen LogP contribution in [0.4, 0.5) is 11.4 Å². The van der Waals surface area contributed by atoms with Crippen LogP contribution in [0.15, 0.2) is 90.6 Å². The molecule has 0 atom stereocenters. The van der Waals surface area contributed by atoms with Crippen molar-refractivity contribution in [3.8, 4) is 23.3 Å². The normalized spacial score (nSPS) is 12.9. The summed E-state index contributed by atoms with van der Waals surface area (Å²) in [5, 5.41) is 20.6. The number of anilines is 2. The van der Waals surface area contributed by atoms with Crippen molar-refractivity contribution in [1.82, 2.24) is 4.90 Å². The molecule has 0 aromatic heterocycles. The largest absolute Gasteiger partial charge is 0.368 e. The fourth-order valence-electron chi connectivity index (χ4n) is 3.89. The molecule has 33 heavy (non-hydrogen) atoms. The first-order valence-electron chi connectivity index (χ1n) is 10.8. The Kier molecular flexibility index (Phi) is 6.68. The van der Waals surface area contributed by atoms with Gasteiger partial charge in [-0.2, -0.15) is 10.5 Å². The van der Waals surface area contributed by atoms with Gasteiger partial charge in [-0.1, -0.05) is 48.5 Å². The Morgan fingerprint density at radius 3 is 2.12 bits per heavy atom. The number of rotatable bonds is 5. The first kappa shape index (κ1) is 21.7. The van der Waals surface area contributed by atoms with Gasteiger partial charge >= 0.3 is 0 Å². The summed E-state index contributed by atoms with van der Waals surface area (Å²) in [6, 6.07) is 29.2. The standard InChI is InChI=1S/C27H23N5O/c28-18-21(19-29)20-30-23-10-12-24(13-11-23)31-14-16-32(17-15-31)27(33)26-9-5-4-8-25(26)22-6-2-1-3-7-22/h1-13,20,30H,14-17H2. The van der Waals surface area contributed by atoms with Crippen molar-refractivity contribution < 1.29 is 4.79 Å². The third-order valence-electron chi connectivity index (χ3n) is 5.67. The van der Waals surface area contributed by atoms with Crippen molar-refractivity contribution in [1.29, 1.82) is 10.5 Å². The first-order chi connectivity index (χ1) is 16.2. The number of hydrogen-bond donors (Lipinski definition) is 1.